The fourth-order valence-corrected chi connectivity index (χ4v) is 3.33. The van der Waals surface area contributed by atoms with Crippen molar-refractivity contribution in [2.75, 3.05) is 0 Å². The Hall–Kier alpha value is -2.82. The van der Waals surface area contributed by atoms with Gasteiger partial charge in [-0.05, 0) is 44.7 Å². The quantitative estimate of drug-likeness (QED) is 0.883. The molecular weight excluding hydrogens is 340 g/mol. The summed E-state index contributed by atoms with van der Waals surface area (Å²) in [6.45, 7) is 5.39. The Morgan fingerprint density at radius 1 is 0.963 bits per heavy atom. The maximum absolute atomic E-state index is 12.7. The first-order chi connectivity index (χ1) is 12.8. The van der Waals surface area contributed by atoms with E-state index in [0.29, 0.717) is 12.8 Å². The Labute approximate surface area is 160 Å². The average molecular weight is 366 g/mol. The van der Waals surface area contributed by atoms with Crippen molar-refractivity contribution in [1.82, 2.24) is 10.2 Å². The molecule has 1 saturated heterocycles. The molecule has 0 unspecified atom stereocenters. The summed E-state index contributed by atoms with van der Waals surface area (Å²) in [5, 5.41) is 2.98. The lowest BCUT2D eigenvalue weighted by atomic mass is 9.95. The van der Waals surface area contributed by atoms with Crippen molar-refractivity contribution in [1.29, 1.82) is 0 Å². The largest absolute Gasteiger partial charge is 0.443 e. The highest BCUT2D eigenvalue weighted by molar-refractivity contribution is 5.93. The van der Waals surface area contributed by atoms with E-state index >= 15 is 0 Å². The van der Waals surface area contributed by atoms with Gasteiger partial charge in [-0.3, -0.25) is 0 Å². The second-order valence-electron chi connectivity index (χ2n) is 7.85. The Morgan fingerprint density at radius 2 is 1.48 bits per heavy atom. The van der Waals surface area contributed by atoms with Gasteiger partial charge in [0.05, 0.1) is 12.1 Å². The number of imide groups is 1. The fourth-order valence-electron chi connectivity index (χ4n) is 3.33. The van der Waals surface area contributed by atoms with E-state index in [2.05, 4.69) is 5.32 Å². The molecule has 2 atom stereocenters. The summed E-state index contributed by atoms with van der Waals surface area (Å²) in [6.07, 6.45) is 0.635. The van der Waals surface area contributed by atoms with Gasteiger partial charge in [-0.1, -0.05) is 60.7 Å². The third-order valence-corrected chi connectivity index (χ3v) is 4.50. The van der Waals surface area contributed by atoms with Crippen LogP contribution in [0.25, 0.3) is 0 Å². The number of ether oxygens (including phenoxy) is 1. The number of hydrogen-bond acceptors (Lipinski definition) is 3. The summed E-state index contributed by atoms with van der Waals surface area (Å²) in [7, 11) is 0. The molecule has 0 aromatic heterocycles. The van der Waals surface area contributed by atoms with Gasteiger partial charge in [-0.2, -0.15) is 0 Å². The molecule has 0 radical (unpaired) electrons. The lowest BCUT2D eigenvalue weighted by molar-refractivity contribution is 0.0288. The Balaban J connectivity index is 1.86. The molecule has 3 amide bonds. The Kier molecular flexibility index (Phi) is 5.49. The van der Waals surface area contributed by atoms with Gasteiger partial charge in [0.15, 0.2) is 0 Å². The van der Waals surface area contributed by atoms with Crippen molar-refractivity contribution in [3.05, 3.63) is 71.8 Å². The summed E-state index contributed by atoms with van der Waals surface area (Å²) in [4.78, 5) is 26.6. The first-order valence-corrected chi connectivity index (χ1v) is 9.24. The summed E-state index contributed by atoms with van der Waals surface area (Å²) >= 11 is 0. The molecule has 0 aliphatic carbocycles. The van der Waals surface area contributed by atoms with Gasteiger partial charge in [0.25, 0.3) is 0 Å². The number of benzene rings is 2. The molecule has 1 heterocycles. The molecule has 142 valence electrons. The van der Waals surface area contributed by atoms with Crippen LogP contribution < -0.4 is 5.32 Å². The number of nitrogens with one attached hydrogen (secondary N) is 1. The molecule has 1 aliphatic heterocycles. The number of hydrogen-bond donors (Lipinski definition) is 1. The number of urea groups is 1. The topological polar surface area (TPSA) is 58.6 Å². The van der Waals surface area contributed by atoms with Crippen molar-refractivity contribution in [2.24, 2.45) is 0 Å². The molecule has 1 N–H and O–H groups in total. The molecule has 1 fully saturated rings. The SMILES string of the molecule is CC(C)(C)OC(=O)N1C(=O)N[C@@H](Cc2ccccc2)[C@H]1Cc1ccccc1. The highest BCUT2D eigenvalue weighted by atomic mass is 16.6. The lowest BCUT2D eigenvalue weighted by Gasteiger charge is -2.28. The third-order valence-electron chi connectivity index (χ3n) is 4.50. The van der Waals surface area contributed by atoms with E-state index in [9.17, 15) is 9.59 Å². The van der Waals surface area contributed by atoms with Crippen LogP contribution in [0.4, 0.5) is 9.59 Å². The summed E-state index contributed by atoms with van der Waals surface area (Å²) < 4.78 is 5.48. The molecule has 0 saturated carbocycles. The van der Waals surface area contributed by atoms with E-state index in [1.54, 1.807) is 20.8 Å². The molecule has 5 nitrogen and oxygen atoms in total. The van der Waals surface area contributed by atoms with Gasteiger partial charge < -0.3 is 10.1 Å². The maximum Gasteiger partial charge on any atom is 0.418 e. The van der Waals surface area contributed by atoms with Gasteiger partial charge in [0.2, 0.25) is 0 Å². The van der Waals surface area contributed by atoms with Crippen LogP contribution in [-0.4, -0.2) is 34.7 Å². The standard InChI is InChI=1S/C22H26N2O3/c1-22(2,3)27-21(26)24-19(15-17-12-8-5-9-13-17)18(23-20(24)25)14-16-10-6-4-7-11-16/h4-13,18-19H,14-15H2,1-3H3,(H,23,25)/t18-,19+/m0/s1. The summed E-state index contributed by atoms with van der Waals surface area (Å²) in [6, 6.07) is 19.0. The van der Waals surface area contributed by atoms with Crippen molar-refractivity contribution >= 4 is 12.1 Å². The van der Waals surface area contributed by atoms with E-state index in [1.165, 1.54) is 4.90 Å². The van der Waals surface area contributed by atoms with Crippen LogP contribution in [0.1, 0.15) is 31.9 Å². The molecule has 27 heavy (non-hydrogen) atoms. The van der Waals surface area contributed by atoms with E-state index in [0.717, 1.165) is 11.1 Å². The van der Waals surface area contributed by atoms with Crippen molar-refractivity contribution < 1.29 is 14.3 Å². The smallest absolute Gasteiger partial charge is 0.418 e. The highest BCUT2D eigenvalue weighted by Gasteiger charge is 2.44. The minimum Gasteiger partial charge on any atom is -0.443 e. The third kappa shape index (κ3) is 4.88. The van der Waals surface area contributed by atoms with Gasteiger partial charge in [-0.15, -0.1) is 0 Å². The molecule has 0 bridgehead atoms. The summed E-state index contributed by atoms with van der Waals surface area (Å²) in [5.74, 6) is 0. The van der Waals surface area contributed by atoms with E-state index < -0.39 is 17.7 Å². The van der Waals surface area contributed by atoms with Crippen LogP contribution in [0.5, 0.6) is 0 Å². The average Bonchev–Trinajstić information content (AvgIpc) is 2.90. The predicted octanol–water partition coefficient (Wildman–Crippen LogP) is 4.17. The first-order valence-electron chi connectivity index (χ1n) is 9.24. The van der Waals surface area contributed by atoms with Crippen LogP contribution in [0.15, 0.2) is 60.7 Å². The Bertz CT molecular complexity index is 784. The second kappa shape index (κ2) is 7.82. The zero-order chi connectivity index (χ0) is 19.4. The predicted molar refractivity (Wildman–Crippen MR) is 104 cm³/mol. The van der Waals surface area contributed by atoms with Crippen LogP contribution >= 0.6 is 0 Å². The zero-order valence-electron chi connectivity index (χ0n) is 16.0. The minimum atomic E-state index is -0.661. The number of amides is 3. The molecule has 1 aliphatic rings. The fraction of sp³-hybridized carbons (Fsp3) is 0.364. The van der Waals surface area contributed by atoms with Gasteiger partial charge in [-0.25, -0.2) is 14.5 Å². The molecular formula is C22H26N2O3. The monoisotopic (exact) mass is 366 g/mol. The molecule has 2 aromatic carbocycles. The molecule has 3 rings (SSSR count). The van der Waals surface area contributed by atoms with Crippen LogP contribution in [-0.2, 0) is 17.6 Å². The van der Waals surface area contributed by atoms with Crippen LogP contribution in [0.3, 0.4) is 0 Å². The van der Waals surface area contributed by atoms with Crippen molar-refractivity contribution in [3.63, 3.8) is 0 Å². The van der Waals surface area contributed by atoms with Crippen LogP contribution in [0, 0.1) is 0 Å². The van der Waals surface area contributed by atoms with Gasteiger partial charge in [0.1, 0.15) is 5.60 Å². The lowest BCUT2D eigenvalue weighted by Crippen LogP contribution is -2.45. The van der Waals surface area contributed by atoms with Crippen LogP contribution in [0.2, 0.25) is 0 Å². The molecule has 0 spiro atoms. The van der Waals surface area contributed by atoms with Gasteiger partial charge in [0, 0.05) is 0 Å². The van der Waals surface area contributed by atoms with Gasteiger partial charge >= 0.3 is 12.1 Å². The number of carbonyl (C=O) groups excluding carboxylic acids is 2. The second-order valence-corrected chi connectivity index (χ2v) is 7.85. The number of carbonyl (C=O) groups is 2. The Morgan fingerprint density at radius 3 is 2.00 bits per heavy atom. The maximum atomic E-state index is 12.7. The summed E-state index contributed by atoms with van der Waals surface area (Å²) in [5.41, 5.74) is 1.53. The minimum absolute atomic E-state index is 0.173. The normalized spacial score (nSPS) is 19.7. The zero-order valence-corrected chi connectivity index (χ0v) is 16.0. The van der Waals surface area contributed by atoms with E-state index in [-0.39, 0.29) is 12.1 Å². The van der Waals surface area contributed by atoms with E-state index in [1.807, 2.05) is 60.7 Å². The number of nitrogens with zero attached hydrogens (tertiary/aromatic N) is 1. The molecule has 2 aromatic rings. The highest BCUT2D eigenvalue weighted by Crippen LogP contribution is 2.24. The number of rotatable bonds is 4. The first kappa shape index (κ1) is 19.0. The van der Waals surface area contributed by atoms with E-state index in [4.69, 9.17) is 4.74 Å². The molecule has 5 heteroatoms. The van der Waals surface area contributed by atoms with Crippen molar-refractivity contribution in [2.45, 2.75) is 51.3 Å². The van der Waals surface area contributed by atoms with Crippen molar-refractivity contribution in [3.8, 4) is 0 Å².